The van der Waals surface area contributed by atoms with Gasteiger partial charge in [0, 0.05) is 18.7 Å². The van der Waals surface area contributed by atoms with Crippen LogP contribution in [0, 0.1) is 12.7 Å². The molecule has 0 saturated carbocycles. The van der Waals surface area contributed by atoms with Gasteiger partial charge in [-0.2, -0.15) is 13.2 Å². The SMILES string of the molecule is Cc1onc(-c2ccc(F)cc2)c1COc1cc(C(=O)NCC(F)(F)F)n(C)n1. The summed E-state index contributed by atoms with van der Waals surface area (Å²) < 4.78 is 61.8. The molecule has 154 valence electrons. The van der Waals surface area contributed by atoms with Crippen molar-refractivity contribution in [3.63, 3.8) is 0 Å². The summed E-state index contributed by atoms with van der Waals surface area (Å²) in [6, 6.07) is 6.88. The number of nitrogens with zero attached hydrogens (tertiary/aromatic N) is 3. The summed E-state index contributed by atoms with van der Waals surface area (Å²) in [7, 11) is 1.41. The van der Waals surface area contributed by atoms with E-state index in [1.165, 1.54) is 25.2 Å². The van der Waals surface area contributed by atoms with Crippen molar-refractivity contribution in [2.45, 2.75) is 19.7 Å². The van der Waals surface area contributed by atoms with E-state index in [1.54, 1.807) is 24.4 Å². The third kappa shape index (κ3) is 4.92. The average molecular weight is 412 g/mol. The van der Waals surface area contributed by atoms with Crippen LogP contribution in [0.1, 0.15) is 21.8 Å². The van der Waals surface area contributed by atoms with E-state index in [9.17, 15) is 22.4 Å². The van der Waals surface area contributed by atoms with Crippen LogP contribution in [0.15, 0.2) is 34.9 Å². The minimum atomic E-state index is -4.52. The van der Waals surface area contributed by atoms with Crippen molar-refractivity contribution >= 4 is 5.91 Å². The van der Waals surface area contributed by atoms with E-state index >= 15 is 0 Å². The molecule has 3 aromatic rings. The van der Waals surface area contributed by atoms with Gasteiger partial charge in [0.1, 0.15) is 36.1 Å². The number of benzene rings is 1. The fourth-order valence-corrected chi connectivity index (χ4v) is 2.54. The number of aryl methyl sites for hydroxylation is 2. The van der Waals surface area contributed by atoms with E-state index in [0.717, 1.165) is 4.68 Å². The smallest absolute Gasteiger partial charge is 0.405 e. The molecule has 0 spiro atoms. The summed E-state index contributed by atoms with van der Waals surface area (Å²) in [5, 5.41) is 9.69. The van der Waals surface area contributed by atoms with Gasteiger partial charge in [0.05, 0.1) is 5.56 Å². The van der Waals surface area contributed by atoms with Crippen molar-refractivity contribution in [2.75, 3.05) is 6.54 Å². The van der Waals surface area contributed by atoms with Crippen LogP contribution in [0.5, 0.6) is 5.88 Å². The number of carbonyl (C=O) groups excluding carboxylic acids is 1. The molecule has 0 aliphatic rings. The molecule has 0 fully saturated rings. The number of carbonyl (C=O) groups is 1. The predicted molar refractivity (Wildman–Crippen MR) is 92.6 cm³/mol. The van der Waals surface area contributed by atoms with Crippen LogP contribution in [0.2, 0.25) is 0 Å². The van der Waals surface area contributed by atoms with Crippen LogP contribution in [0.25, 0.3) is 11.3 Å². The molecule has 1 N–H and O–H groups in total. The number of rotatable bonds is 6. The number of halogens is 4. The van der Waals surface area contributed by atoms with Gasteiger partial charge in [-0.15, -0.1) is 5.10 Å². The Kier molecular flexibility index (Phi) is 5.57. The Morgan fingerprint density at radius 3 is 2.62 bits per heavy atom. The summed E-state index contributed by atoms with van der Waals surface area (Å²) in [6.07, 6.45) is -4.52. The van der Waals surface area contributed by atoms with Crippen molar-refractivity contribution in [1.82, 2.24) is 20.3 Å². The molecule has 11 heteroatoms. The first kappa shape index (κ1) is 20.4. The Balaban J connectivity index is 1.72. The zero-order valence-electron chi connectivity index (χ0n) is 15.4. The molecule has 0 aliphatic carbocycles. The molecule has 7 nitrogen and oxygen atoms in total. The topological polar surface area (TPSA) is 82.2 Å². The molecule has 1 amide bonds. The van der Waals surface area contributed by atoms with Crippen molar-refractivity contribution in [3.8, 4) is 17.1 Å². The first-order valence-corrected chi connectivity index (χ1v) is 8.37. The van der Waals surface area contributed by atoms with Crippen molar-refractivity contribution in [3.05, 3.63) is 53.2 Å². The van der Waals surface area contributed by atoms with Crippen LogP contribution in [0.4, 0.5) is 17.6 Å². The molecule has 0 aliphatic heterocycles. The molecule has 0 radical (unpaired) electrons. The van der Waals surface area contributed by atoms with Crippen LogP contribution in [-0.2, 0) is 13.7 Å². The highest BCUT2D eigenvalue weighted by Gasteiger charge is 2.28. The van der Waals surface area contributed by atoms with Crippen molar-refractivity contribution < 1.29 is 31.6 Å². The fourth-order valence-electron chi connectivity index (χ4n) is 2.54. The van der Waals surface area contributed by atoms with Gasteiger partial charge in [-0.1, -0.05) is 5.16 Å². The van der Waals surface area contributed by atoms with Gasteiger partial charge < -0.3 is 14.6 Å². The second kappa shape index (κ2) is 7.94. The largest absolute Gasteiger partial charge is 0.471 e. The Morgan fingerprint density at radius 1 is 1.28 bits per heavy atom. The molecule has 3 rings (SSSR count). The van der Waals surface area contributed by atoms with Gasteiger partial charge in [-0.05, 0) is 31.2 Å². The maximum atomic E-state index is 13.1. The third-order valence-corrected chi connectivity index (χ3v) is 4.01. The number of amides is 1. The highest BCUT2D eigenvalue weighted by atomic mass is 19.4. The maximum absolute atomic E-state index is 13.1. The maximum Gasteiger partial charge on any atom is 0.405 e. The Bertz CT molecular complexity index is 1010. The molecule has 0 bridgehead atoms. The zero-order valence-corrected chi connectivity index (χ0v) is 15.4. The molecular formula is C18H16F4N4O3. The number of ether oxygens (including phenoxy) is 1. The lowest BCUT2D eigenvalue weighted by molar-refractivity contribution is -0.123. The number of hydrogen-bond donors (Lipinski definition) is 1. The predicted octanol–water partition coefficient (Wildman–Crippen LogP) is 3.39. The van der Waals surface area contributed by atoms with Gasteiger partial charge in [0.15, 0.2) is 0 Å². The van der Waals surface area contributed by atoms with Crippen LogP contribution < -0.4 is 10.1 Å². The summed E-state index contributed by atoms with van der Waals surface area (Å²) in [4.78, 5) is 11.9. The summed E-state index contributed by atoms with van der Waals surface area (Å²) in [5.74, 6) is -0.810. The lowest BCUT2D eigenvalue weighted by Gasteiger charge is -2.07. The molecule has 29 heavy (non-hydrogen) atoms. The monoisotopic (exact) mass is 412 g/mol. The second-order valence-electron chi connectivity index (χ2n) is 6.15. The minimum Gasteiger partial charge on any atom is -0.471 e. The first-order chi connectivity index (χ1) is 13.6. The highest BCUT2D eigenvalue weighted by Crippen LogP contribution is 2.26. The zero-order chi connectivity index (χ0) is 21.2. The number of hydrogen-bond acceptors (Lipinski definition) is 5. The van der Waals surface area contributed by atoms with Crippen molar-refractivity contribution in [2.24, 2.45) is 7.05 Å². The molecule has 0 saturated heterocycles. The lowest BCUT2D eigenvalue weighted by atomic mass is 10.1. The quantitative estimate of drug-likeness (QED) is 0.628. The van der Waals surface area contributed by atoms with Crippen LogP contribution >= 0.6 is 0 Å². The van der Waals surface area contributed by atoms with Gasteiger partial charge in [0.2, 0.25) is 5.88 Å². The third-order valence-electron chi connectivity index (χ3n) is 4.01. The normalized spacial score (nSPS) is 11.5. The summed E-state index contributed by atoms with van der Waals surface area (Å²) >= 11 is 0. The fraction of sp³-hybridized carbons (Fsp3) is 0.278. The summed E-state index contributed by atoms with van der Waals surface area (Å²) in [5.41, 5.74) is 1.58. The molecule has 1 aromatic carbocycles. The number of nitrogens with one attached hydrogen (secondary N) is 1. The van der Waals surface area contributed by atoms with E-state index in [0.29, 0.717) is 22.6 Å². The average Bonchev–Trinajstić information content (AvgIpc) is 3.20. The van der Waals surface area contributed by atoms with E-state index in [4.69, 9.17) is 9.26 Å². The molecule has 2 aromatic heterocycles. The van der Waals surface area contributed by atoms with E-state index < -0.39 is 24.4 Å². The Labute approximate surface area is 162 Å². The van der Waals surface area contributed by atoms with E-state index in [2.05, 4.69) is 10.3 Å². The summed E-state index contributed by atoms with van der Waals surface area (Å²) in [6.45, 7) is 0.198. The molecule has 0 atom stereocenters. The van der Waals surface area contributed by atoms with Gasteiger partial charge in [-0.3, -0.25) is 9.48 Å². The number of alkyl halides is 3. The second-order valence-corrected chi connectivity index (χ2v) is 6.15. The van der Waals surface area contributed by atoms with E-state index in [-0.39, 0.29) is 18.2 Å². The van der Waals surface area contributed by atoms with Crippen molar-refractivity contribution in [1.29, 1.82) is 0 Å². The molecular weight excluding hydrogens is 396 g/mol. The first-order valence-electron chi connectivity index (χ1n) is 8.37. The lowest BCUT2D eigenvalue weighted by Crippen LogP contribution is -2.34. The Hall–Kier alpha value is -3.37. The van der Waals surface area contributed by atoms with Gasteiger partial charge in [-0.25, -0.2) is 4.39 Å². The standard InChI is InChI=1S/C18H16F4N4O3/c1-10-13(16(25-29-10)11-3-5-12(19)6-4-11)8-28-15-7-14(26(2)24-15)17(27)23-9-18(20,21)22/h3-7H,8-9H2,1-2H3,(H,23,27). The van der Waals surface area contributed by atoms with Crippen LogP contribution in [0.3, 0.4) is 0 Å². The van der Waals surface area contributed by atoms with Gasteiger partial charge in [0.25, 0.3) is 5.91 Å². The molecule has 0 unspecified atom stereocenters. The highest BCUT2D eigenvalue weighted by molar-refractivity contribution is 5.92. The number of aromatic nitrogens is 3. The Morgan fingerprint density at radius 2 is 1.97 bits per heavy atom. The van der Waals surface area contributed by atoms with Gasteiger partial charge >= 0.3 is 6.18 Å². The molecule has 2 heterocycles. The van der Waals surface area contributed by atoms with Crippen LogP contribution in [-0.4, -0.2) is 33.6 Å². The van der Waals surface area contributed by atoms with E-state index in [1.807, 2.05) is 0 Å². The minimum absolute atomic E-state index is 0.0251.